The van der Waals surface area contributed by atoms with Crippen molar-refractivity contribution in [3.05, 3.63) is 53.2 Å². The quantitative estimate of drug-likeness (QED) is 0.907. The summed E-state index contributed by atoms with van der Waals surface area (Å²) in [6, 6.07) is 11.7. The van der Waals surface area contributed by atoms with Crippen LogP contribution in [0.3, 0.4) is 0 Å². The van der Waals surface area contributed by atoms with Crippen molar-refractivity contribution in [2.75, 3.05) is 12.4 Å². The van der Waals surface area contributed by atoms with Gasteiger partial charge in [0.2, 0.25) is 5.88 Å². The van der Waals surface area contributed by atoms with Crippen molar-refractivity contribution >= 4 is 17.3 Å². The van der Waals surface area contributed by atoms with E-state index in [-0.39, 0.29) is 6.04 Å². The minimum Gasteiger partial charge on any atom is -0.480 e. The zero-order valence-corrected chi connectivity index (χ0v) is 11.1. The molecule has 0 fully saturated rings. The van der Waals surface area contributed by atoms with Gasteiger partial charge < -0.3 is 10.1 Å². The lowest BCUT2D eigenvalue weighted by Crippen LogP contribution is -2.08. The summed E-state index contributed by atoms with van der Waals surface area (Å²) in [6.45, 7) is 2.08. The Balaban J connectivity index is 2.15. The third-order valence-electron chi connectivity index (χ3n) is 2.71. The average molecular weight is 263 g/mol. The lowest BCUT2D eigenvalue weighted by molar-refractivity contribution is 0.399. The van der Waals surface area contributed by atoms with E-state index >= 15 is 0 Å². The van der Waals surface area contributed by atoms with Crippen LogP contribution in [0.15, 0.2) is 42.6 Å². The summed E-state index contributed by atoms with van der Waals surface area (Å²) in [5.74, 6) is 0.596. The maximum absolute atomic E-state index is 5.87. The summed E-state index contributed by atoms with van der Waals surface area (Å²) in [4.78, 5) is 4.15. The number of pyridine rings is 1. The number of anilines is 1. The highest BCUT2D eigenvalue weighted by atomic mass is 35.5. The fraction of sp³-hybridized carbons (Fsp3) is 0.214. The molecule has 2 aromatic rings. The van der Waals surface area contributed by atoms with Crippen LogP contribution in [0.1, 0.15) is 18.5 Å². The molecule has 1 aromatic carbocycles. The average Bonchev–Trinajstić information content (AvgIpc) is 2.40. The standard InChI is InChI=1S/C14H15ClN2O/c1-10(11-5-7-12(15)8-6-11)17-13-4-3-9-16-14(13)18-2/h3-10,17H,1-2H3. The molecule has 2 rings (SSSR count). The molecule has 4 heteroatoms. The van der Waals surface area contributed by atoms with E-state index in [0.29, 0.717) is 5.88 Å². The highest BCUT2D eigenvalue weighted by molar-refractivity contribution is 6.30. The SMILES string of the molecule is COc1ncccc1NC(C)c1ccc(Cl)cc1. The van der Waals surface area contributed by atoms with Crippen LogP contribution in [0, 0.1) is 0 Å². The number of rotatable bonds is 4. The Hall–Kier alpha value is -1.74. The van der Waals surface area contributed by atoms with Gasteiger partial charge in [-0.05, 0) is 36.8 Å². The second-order valence-electron chi connectivity index (χ2n) is 3.98. The third-order valence-corrected chi connectivity index (χ3v) is 2.96. The van der Waals surface area contributed by atoms with Crippen molar-refractivity contribution in [3.8, 4) is 5.88 Å². The molecule has 0 saturated heterocycles. The molecule has 0 aliphatic rings. The summed E-state index contributed by atoms with van der Waals surface area (Å²) >= 11 is 5.87. The van der Waals surface area contributed by atoms with Crippen molar-refractivity contribution in [2.45, 2.75) is 13.0 Å². The van der Waals surface area contributed by atoms with Crippen LogP contribution in [0.4, 0.5) is 5.69 Å². The molecule has 1 unspecified atom stereocenters. The number of aromatic nitrogens is 1. The van der Waals surface area contributed by atoms with Gasteiger partial charge in [0.1, 0.15) is 0 Å². The van der Waals surface area contributed by atoms with Crippen LogP contribution >= 0.6 is 11.6 Å². The summed E-state index contributed by atoms with van der Waals surface area (Å²) in [6.07, 6.45) is 1.71. The second kappa shape index (κ2) is 5.74. The number of halogens is 1. The first-order chi connectivity index (χ1) is 8.70. The number of benzene rings is 1. The van der Waals surface area contributed by atoms with E-state index in [4.69, 9.17) is 16.3 Å². The van der Waals surface area contributed by atoms with Gasteiger partial charge in [-0.3, -0.25) is 0 Å². The summed E-state index contributed by atoms with van der Waals surface area (Å²) in [5, 5.41) is 4.11. The van der Waals surface area contributed by atoms with Crippen molar-refractivity contribution in [2.24, 2.45) is 0 Å². The fourth-order valence-corrected chi connectivity index (χ4v) is 1.86. The monoisotopic (exact) mass is 262 g/mol. The molecule has 0 aliphatic carbocycles. The lowest BCUT2D eigenvalue weighted by Gasteiger charge is -2.17. The predicted molar refractivity (Wildman–Crippen MR) is 74.3 cm³/mol. The molecular formula is C14H15ClN2O. The van der Waals surface area contributed by atoms with Crippen LogP contribution in [0.25, 0.3) is 0 Å². The van der Waals surface area contributed by atoms with Gasteiger partial charge in [0, 0.05) is 17.3 Å². The summed E-state index contributed by atoms with van der Waals surface area (Å²) < 4.78 is 5.21. The van der Waals surface area contributed by atoms with Gasteiger partial charge in [0.05, 0.1) is 12.8 Å². The first kappa shape index (κ1) is 12.7. The van der Waals surface area contributed by atoms with Crippen LogP contribution in [0.2, 0.25) is 5.02 Å². The Morgan fingerprint density at radius 3 is 2.61 bits per heavy atom. The first-order valence-corrected chi connectivity index (χ1v) is 6.09. The minimum atomic E-state index is 0.153. The molecule has 0 radical (unpaired) electrons. The van der Waals surface area contributed by atoms with E-state index in [2.05, 4.69) is 17.2 Å². The van der Waals surface area contributed by atoms with Gasteiger partial charge in [-0.15, -0.1) is 0 Å². The number of hydrogen-bond donors (Lipinski definition) is 1. The maximum Gasteiger partial charge on any atom is 0.237 e. The van der Waals surface area contributed by atoms with E-state index in [0.717, 1.165) is 16.3 Å². The maximum atomic E-state index is 5.87. The van der Waals surface area contributed by atoms with Gasteiger partial charge in [0.15, 0.2) is 0 Å². The second-order valence-corrected chi connectivity index (χ2v) is 4.41. The van der Waals surface area contributed by atoms with E-state index in [9.17, 15) is 0 Å². The Bertz CT molecular complexity index is 513. The van der Waals surface area contributed by atoms with Gasteiger partial charge in [-0.2, -0.15) is 0 Å². The molecule has 1 aromatic heterocycles. The molecule has 18 heavy (non-hydrogen) atoms. The topological polar surface area (TPSA) is 34.1 Å². The zero-order chi connectivity index (χ0) is 13.0. The zero-order valence-electron chi connectivity index (χ0n) is 10.4. The number of ether oxygens (including phenoxy) is 1. The van der Waals surface area contributed by atoms with E-state index in [1.165, 1.54) is 0 Å². The number of methoxy groups -OCH3 is 1. The summed E-state index contributed by atoms with van der Waals surface area (Å²) in [7, 11) is 1.61. The Morgan fingerprint density at radius 2 is 1.94 bits per heavy atom. The first-order valence-electron chi connectivity index (χ1n) is 5.71. The minimum absolute atomic E-state index is 0.153. The van der Waals surface area contributed by atoms with Crippen molar-refractivity contribution in [3.63, 3.8) is 0 Å². The smallest absolute Gasteiger partial charge is 0.237 e. The van der Waals surface area contributed by atoms with E-state index in [1.807, 2.05) is 36.4 Å². The van der Waals surface area contributed by atoms with Gasteiger partial charge in [0.25, 0.3) is 0 Å². The highest BCUT2D eigenvalue weighted by Gasteiger charge is 2.09. The Labute approximate surface area is 112 Å². The third kappa shape index (κ3) is 2.93. The lowest BCUT2D eigenvalue weighted by atomic mass is 10.1. The molecule has 0 amide bonds. The molecule has 0 saturated carbocycles. The van der Waals surface area contributed by atoms with Gasteiger partial charge in [-0.25, -0.2) is 4.98 Å². The largest absolute Gasteiger partial charge is 0.480 e. The molecule has 1 atom stereocenters. The van der Waals surface area contributed by atoms with Crippen molar-refractivity contribution in [1.82, 2.24) is 4.98 Å². The van der Waals surface area contributed by atoms with E-state index in [1.54, 1.807) is 13.3 Å². The molecule has 3 nitrogen and oxygen atoms in total. The molecular weight excluding hydrogens is 248 g/mol. The van der Waals surface area contributed by atoms with E-state index < -0.39 is 0 Å². The Morgan fingerprint density at radius 1 is 1.22 bits per heavy atom. The normalized spacial score (nSPS) is 11.9. The molecule has 1 heterocycles. The van der Waals surface area contributed by atoms with Crippen LogP contribution < -0.4 is 10.1 Å². The fourth-order valence-electron chi connectivity index (χ4n) is 1.73. The molecule has 0 bridgehead atoms. The molecule has 94 valence electrons. The molecule has 1 N–H and O–H groups in total. The molecule has 0 spiro atoms. The van der Waals surface area contributed by atoms with Crippen molar-refractivity contribution < 1.29 is 4.74 Å². The molecule has 0 aliphatic heterocycles. The van der Waals surface area contributed by atoms with Crippen LogP contribution in [-0.2, 0) is 0 Å². The number of nitrogens with zero attached hydrogens (tertiary/aromatic N) is 1. The van der Waals surface area contributed by atoms with Gasteiger partial charge in [-0.1, -0.05) is 23.7 Å². The number of hydrogen-bond acceptors (Lipinski definition) is 3. The van der Waals surface area contributed by atoms with Gasteiger partial charge >= 0.3 is 0 Å². The Kier molecular flexibility index (Phi) is 4.05. The van der Waals surface area contributed by atoms with Crippen LogP contribution in [-0.4, -0.2) is 12.1 Å². The predicted octanol–water partition coefficient (Wildman–Crippen LogP) is 3.92. The van der Waals surface area contributed by atoms with Crippen LogP contribution in [0.5, 0.6) is 5.88 Å². The summed E-state index contributed by atoms with van der Waals surface area (Å²) in [5.41, 5.74) is 2.03. The van der Waals surface area contributed by atoms with Crippen molar-refractivity contribution in [1.29, 1.82) is 0 Å². The highest BCUT2D eigenvalue weighted by Crippen LogP contribution is 2.26. The number of nitrogens with one attached hydrogen (secondary N) is 1.